The van der Waals surface area contributed by atoms with Gasteiger partial charge in [-0.2, -0.15) is 0 Å². The first-order valence-corrected chi connectivity index (χ1v) is 9.71. The number of hydrogen-bond donors (Lipinski definition) is 4. The van der Waals surface area contributed by atoms with Crippen molar-refractivity contribution in [3.63, 3.8) is 0 Å². The van der Waals surface area contributed by atoms with Gasteiger partial charge in [0.1, 0.15) is 11.7 Å². The molecule has 0 amide bonds. The van der Waals surface area contributed by atoms with Crippen LogP contribution in [0.25, 0.3) is 12.2 Å². The number of Topliss-reactive ketones (excluding diaryl/α,β-unsaturated/α-hetero) is 1. The number of hydrogen-bond acceptors (Lipinski definition) is 5. The molecule has 0 heterocycles. The molecular formula is C24H24N4O3. The fraction of sp³-hybridized carbons (Fsp3) is 0.167. The zero-order chi connectivity index (χ0) is 22.5. The molecule has 3 rings (SSSR count). The number of carbonyl (C=O) groups is 2. The van der Waals surface area contributed by atoms with Gasteiger partial charge >= 0.3 is 5.97 Å². The van der Waals surface area contributed by atoms with E-state index in [-0.39, 0.29) is 23.4 Å². The number of esters is 1. The van der Waals surface area contributed by atoms with Crippen molar-refractivity contribution in [2.24, 2.45) is 17.4 Å². The fourth-order valence-electron chi connectivity index (χ4n) is 3.50. The lowest BCUT2D eigenvalue weighted by atomic mass is 9.79. The third-order valence-electron chi connectivity index (χ3n) is 5.18. The summed E-state index contributed by atoms with van der Waals surface area (Å²) in [7, 11) is 1.34. The number of nitrogen functional groups attached to an aromatic ring is 2. The lowest BCUT2D eigenvalue weighted by molar-refractivity contribution is -0.145. The maximum Gasteiger partial charge on any atom is 0.309 e. The van der Waals surface area contributed by atoms with Crippen LogP contribution in [-0.2, 0) is 14.3 Å². The van der Waals surface area contributed by atoms with Crippen LogP contribution in [0.4, 0.5) is 0 Å². The molecule has 1 saturated carbocycles. The van der Waals surface area contributed by atoms with Crippen molar-refractivity contribution in [3.05, 3.63) is 81.9 Å². The van der Waals surface area contributed by atoms with E-state index in [9.17, 15) is 9.59 Å². The smallest absolute Gasteiger partial charge is 0.309 e. The van der Waals surface area contributed by atoms with Gasteiger partial charge in [-0.15, -0.1) is 0 Å². The number of ether oxygens (including phenoxy) is 1. The molecule has 31 heavy (non-hydrogen) atoms. The van der Waals surface area contributed by atoms with Crippen LogP contribution in [-0.4, -0.2) is 30.5 Å². The predicted octanol–water partition coefficient (Wildman–Crippen LogP) is 2.87. The Balaban J connectivity index is 1.95. The zero-order valence-electron chi connectivity index (χ0n) is 17.1. The second kappa shape index (κ2) is 9.21. The molecule has 6 N–H and O–H groups in total. The summed E-state index contributed by atoms with van der Waals surface area (Å²) in [6.07, 6.45) is 4.10. The molecule has 7 nitrogen and oxygen atoms in total. The molecule has 0 radical (unpaired) electrons. The van der Waals surface area contributed by atoms with Crippen LogP contribution < -0.4 is 11.5 Å². The van der Waals surface area contributed by atoms with E-state index in [1.165, 1.54) is 7.11 Å². The van der Waals surface area contributed by atoms with Crippen LogP contribution in [0.1, 0.15) is 35.1 Å². The summed E-state index contributed by atoms with van der Waals surface area (Å²) in [4.78, 5) is 25.4. The van der Waals surface area contributed by atoms with E-state index in [2.05, 4.69) is 0 Å². The van der Waals surface area contributed by atoms with Gasteiger partial charge in [-0.25, -0.2) is 0 Å². The highest BCUT2D eigenvalue weighted by molar-refractivity contribution is 6.15. The van der Waals surface area contributed by atoms with Crippen molar-refractivity contribution in [2.75, 3.05) is 7.11 Å². The largest absolute Gasteiger partial charge is 0.469 e. The van der Waals surface area contributed by atoms with Gasteiger partial charge in [-0.05, 0) is 36.1 Å². The summed E-state index contributed by atoms with van der Waals surface area (Å²) in [5.74, 6) is -0.984. The first-order chi connectivity index (χ1) is 14.8. The predicted molar refractivity (Wildman–Crippen MR) is 121 cm³/mol. The summed E-state index contributed by atoms with van der Waals surface area (Å²) in [5.41, 5.74) is 14.8. The molecule has 0 aliphatic heterocycles. The third-order valence-corrected chi connectivity index (χ3v) is 5.18. The molecule has 2 aromatic carbocycles. The van der Waals surface area contributed by atoms with Gasteiger partial charge in [0.2, 0.25) is 0 Å². The number of benzene rings is 2. The number of allylic oxidation sites excluding steroid dienone is 2. The number of rotatable bonds is 5. The van der Waals surface area contributed by atoms with Crippen LogP contribution >= 0.6 is 0 Å². The average Bonchev–Trinajstić information content (AvgIpc) is 2.76. The van der Waals surface area contributed by atoms with Crippen molar-refractivity contribution < 1.29 is 14.3 Å². The van der Waals surface area contributed by atoms with E-state index in [1.807, 2.05) is 0 Å². The van der Waals surface area contributed by atoms with E-state index in [4.69, 9.17) is 27.0 Å². The molecule has 0 spiro atoms. The Morgan fingerprint density at radius 1 is 0.871 bits per heavy atom. The van der Waals surface area contributed by atoms with Gasteiger partial charge in [-0.1, -0.05) is 48.5 Å². The number of ketones is 1. The Kier molecular flexibility index (Phi) is 6.45. The first kappa shape index (κ1) is 21.7. The molecule has 0 saturated heterocycles. The van der Waals surface area contributed by atoms with Crippen molar-refractivity contribution >= 4 is 35.6 Å². The first-order valence-electron chi connectivity index (χ1n) is 9.71. The summed E-state index contributed by atoms with van der Waals surface area (Å²) in [5, 5.41) is 15.0. The summed E-state index contributed by atoms with van der Waals surface area (Å²) < 4.78 is 4.93. The highest BCUT2D eigenvalue weighted by atomic mass is 16.5. The molecule has 0 atom stereocenters. The van der Waals surface area contributed by atoms with Gasteiger partial charge in [-0.3, -0.25) is 20.4 Å². The quantitative estimate of drug-likeness (QED) is 0.256. The fourth-order valence-corrected chi connectivity index (χ4v) is 3.50. The minimum Gasteiger partial charge on any atom is -0.469 e. The maximum atomic E-state index is 13.1. The van der Waals surface area contributed by atoms with Crippen LogP contribution in [0.5, 0.6) is 0 Å². The Hall–Kier alpha value is -4.00. The standard InChI is InChI=1S/C24H24N4O3/c1-31-24(30)20-12-18(10-14-2-6-16(7-3-14)22(25)26)21(29)19(13-20)11-15-4-8-17(9-5-15)23(27)28/h2-11,20H,12-13H2,1H3,(H3,25,26)(H3,27,28)/b18-10-,19-11-. The third kappa shape index (κ3) is 5.14. The van der Waals surface area contributed by atoms with Gasteiger partial charge in [0.15, 0.2) is 5.78 Å². The number of amidine groups is 2. The lowest BCUT2D eigenvalue weighted by Gasteiger charge is -2.24. The molecule has 1 aliphatic carbocycles. The zero-order valence-corrected chi connectivity index (χ0v) is 17.1. The van der Waals surface area contributed by atoms with E-state index in [1.54, 1.807) is 60.7 Å². The van der Waals surface area contributed by atoms with Crippen molar-refractivity contribution in [1.29, 1.82) is 10.8 Å². The lowest BCUT2D eigenvalue weighted by Crippen LogP contribution is -2.26. The molecule has 158 valence electrons. The molecule has 2 aromatic rings. The highest BCUT2D eigenvalue weighted by Gasteiger charge is 2.32. The SMILES string of the molecule is COC(=O)C1C/C(=C/c2ccc(C(=N)N)cc2)C(=O)/C(=C\c2ccc(C(=N)N)cc2)C1. The minimum absolute atomic E-state index is 0.0280. The van der Waals surface area contributed by atoms with Gasteiger partial charge < -0.3 is 16.2 Å². The Morgan fingerprint density at radius 3 is 1.58 bits per heavy atom. The van der Waals surface area contributed by atoms with E-state index in [0.717, 1.165) is 11.1 Å². The van der Waals surface area contributed by atoms with Gasteiger partial charge in [0.05, 0.1) is 13.0 Å². The summed E-state index contributed by atoms with van der Waals surface area (Å²) in [6, 6.07) is 14.0. The maximum absolute atomic E-state index is 13.1. The number of nitrogens with one attached hydrogen (secondary N) is 2. The van der Waals surface area contributed by atoms with E-state index in [0.29, 0.717) is 35.1 Å². The Morgan fingerprint density at radius 2 is 1.26 bits per heavy atom. The second-order valence-electron chi connectivity index (χ2n) is 7.37. The van der Waals surface area contributed by atoms with Gasteiger partial charge in [0, 0.05) is 22.3 Å². The molecule has 0 bridgehead atoms. The topological polar surface area (TPSA) is 143 Å². The number of methoxy groups -OCH3 is 1. The molecule has 1 fully saturated rings. The Labute approximate surface area is 180 Å². The van der Waals surface area contributed by atoms with Crippen molar-refractivity contribution in [1.82, 2.24) is 0 Å². The molecule has 1 aliphatic rings. The summed E-state index contributed by atoms with van der Waals surface area (Å²) >= 11 is 0. The Bertz CT molecular complexity index is 1020. The van der Waals surface area contributed by atoms with Crippen LogP contribution in [0, 0.1) is 16.7 Å². The van der Waals surface area contributed by atoms with Crippen LogP contribution in [0.15, 0.2) is 59.7 Å². The van der Waals surface area contributed by atoms with Gasteiger partial charge in [0.25, 0.3) is 0 Å². The minimum atomic E-state index is -0.451. The molecule has 0 aromatic heterocycles. The molecular weight excluding hydrogens is 392 g/mol. The van der Waals surface area contributed by atoms with E-state index < -0.39 is 5.92 Å². The van der Waals surface area contributed by atoms with Crippen LogP contribution in [0.2, 0.25) is 0 Å². The summed E-state index contributed by atoms with van der Waals surface area (Å²) in [6.45, 7) is 0. The second-order valence-corrected chi connectivity index (χ2v) is 7.37. The normalized spacial score (nSPS) is 18.7. The van der Waals surface area contributed by atoms with Crippen molar-refractivity contribution in [2.45, 2.75) is 12.8 Å². The number of nitrogens with two attached hydrogens (primary N) is 2. The average molecular weight is 416 g/mol. The monoisotopic (exact) mass is 416 g/mol. The molecule has 0 unspecified atom stereocenters. The number of carbonyl (C=O) groups excluding carboxylic acids is 2. The van der Waals surface area contributed by atoms with Crippen molar-refractivity contribution in [3.8, 4) is 0 Å². The highest BCUT2D eigenvalue weighted by Crippen LogP contribution is 2.33. The van der Waals surface area contributed by atoms with E-state index >= 15 is 0 Å². The van der Waals surface area contributed by atoms with Crippen LogP contribution in [0.3, 0.4) is 0 Å². The molecule has 7 heteroatoms.